The standard InChI is InChI=1S/C26H25ClF3N3O4/c1-2-5-20-18(6-4-12-32(20)24(35)21-19(26(28,29)30)7-3-11-31-21)23(34)33-13-10-15-14-16(27)8-9-17(15)22(33)25(36)37/h2-3,7-9,11,14,18,20,22H,1,4-6,10,12-13H2,(H,36,37)/t18-,20-,22?/m1/s1. The molecule has 1 aromatic heterocycles. The second-order valence-corrected chi connectivity index (χ2v) is 9.54. The summed E-state index contributed by atoms with van der Waals surface area (Å²) in [5.74, 6) is -3.41. The molecule has 11 heteroatoms. The molecule has 2 amide bonds. The van der Waals surface area contributed by atoms with Gasteiger partial charge in [0.25, 0.3) is 5.91 Å². The van der Waals surface area contributed by atoms with Crippen molar-refractivity contribution in [1.82, 2.24) is 14.8 Å². The van der Waals surface area contributed by atoms with Crippen LogP contribution in [0.25, 0.3) is 0 Å². The number of carboxylic acid groups (broad SMARTS) is 1. The maximum absolute atomic E-state index is 13.8. The Morgan fingerprint density at radius 1 is 1.19 bits per heavy atom. The fourth-order valence-corrected chi connectivity index (χ4v) is 5.51. The molecular weight excluding hydrogens is 511 g/mol. The first-order valence-electron chi connectivity index (χ1n) is 11.8. The maximum Gasteiger partial charge on any atom is 0.418 e. The Kier molecular flexibility index (Phi) is 7.59. The minimum atomic E-state index is -4.78. The average Bonchev–Trinajstić information content (AvgIpc) is 2.86. The van der Waals surface area contributed by atoms with E-state index >= 15 is 0 Å². The van der Waals surface area contributed by atoms with Gasteiger partial charge in [-0.2, -0.15) is 13.2 Å². The van der Waals surface area contributed by atoms with Crippen LogP contribution >= 0.6 is 11.6 Å². The lowest BCUT2D eigenvalue weighted by Gasteiger charge is -2.44. The lowest BCUT2D eigenvalue weighted by molar-refractivity contribution is -0.154. The molecule has 3 atom stereocenters. The number of benzene rings is 1. The summed E-state index contributed by atoms with van der Waals surface area (Å²) in [7, 11) is 0. The molecule has 196 valence electrons. The Morgan fingerprint density at radius 3 is 2.62 bits per heavy atom. The third-order valence-corrected chi connectivity index (χ3v) is 7.17. The average molecular weight is 536 g/mol. The molecule has 0 aliphatic carbocycles. The number of likely N-dealkylation sites (tertiary alicyclic amines) is 1. The van der Waals surface area contributed by atoms with Crippen LogP contribution in [0.4, 0.5) is 13.2 Å². The number of piperidine rings is 1. The van der Waals surface area contributed by atoms with Gasteiger partial charge in [-0.25, -0.2) is 4.79 Å². The van der Waals surface area contributed by atoms with Crippen LogP contribution in [0.2, 0.25) is 5.02 Å². The lowest BCUT2D eigenvalue weighted by Crippen LogP contribution is -2.55. The molecule has 2 aliphatic rings. The monoisotopic (exact) mass is 535 g/mol. The molecule has 3 heterocycles. The van der Waals surface area contributed by atoms with Gasteiger partial charge >= 0.3 is 12.1 Å². The van der Waals surface area contributed by atoms with Gasteiger partial charge in [-0.1, -0.05) is 23.7 Å². The van der Waals surface area contributed by atoms with Gasteiger partial charge in [0.15, 0.2) is 6.04 Å². The number of carbonyl (C=O) groups excluding carboxylic acids is 2. The zero-order valence-corrected chi connectivity index (χ0v) is 20.5. The zero-order chi connectivity index (χ0) is 26.9. The molecule has 0 spiro atoms. The summed E-state index contributed by atoms with van der Waals surface area (Å²) in [6, 6.07) is 4.71. The van der Waals surface area contributed by atoms with Gasteiger partial charge in [-0.05, 0) is 61.1 Å². The highest BCUT2D eigenvalue weighted by atomic mass is 35.5. The molecule has 1 N–H and O–H groups in total. The van der Waals surface area contributed by atoms with Gasteiger partial charge in [0, 0.05) is 30.4 Å². The van der Waals surface area contributed by atoms with Crippen LogP contribution in [-0.4, -0.2) is 56.8 Å². The molecule has 37 heavy (non-hydrogen) atoms. The Balaban J connectivity index is 1.67. The molecule has 2 aliphatic heterocycles. The number of aliphatic carboxylic acids is 1. The lowest BCUT2D eigenvalue weighted by atomic mass is 9.83. The van der Waals surface area contributed by atoms with Gasteiger partial charge in [-0.3, -0.25) is 14.6 Å². The van der Waals surface area contributed by atoms with E-state index in [0.717, 1.165) is 23.9 Å². The smallest absolute Gasteiger partial charge is 0.418 e. The van der Waals surface area contributed by atoms with Crippen LogP contribution in [-0.2, 0) is 22.2 Å². The first-order chi connectivity index (χ1) is 17.5. The highest BCUT2D eigenvalue weighted by Gasteiger charge is 2.45. The van der Waals surface area contributed by atoms with E-state index in [0.29, 0.717) is 29.8 Å². The molecule has 1 saturated heterocycles. The van der Waals surface area contributed by atoms with Crippen molar-refractivity contribution in [2.24, 2.45) is 5.92 Å². The largest absolute Gasteiger partial charge is 0.479 e. The number of rotatable bonds is 5. The number of pyridine rings is 1. The van der Waals surface area contributed by atoms with Gasteiger partial charge in [0.2, 0.25) is 5.91 Å². The number of amides is 2. The molecular formula is C26H25ClF3N3O4. The van der Waals surface area contributed by atoms with E-state index in [4.69, 9.17) is 11.6 Å². The Hall–Kier alpha value is -3.40. The van der Waals surface area contributed by atoms with E-state index in [1.807, 2.05) is 0 Å². The summed E-state index contributed by atoms with van der Waals surface area (Å²) in [6.07, 6.45) is -0.900. The van der Waals surface area contributed by atoms with Crippen molar-refractivity contribution in [3.8, 4) is 0 Å². The third-order valence-electron chi connectivity index (χ3n) is 6.93. The first kappa shape index (κ1) is 26.7. The van der Waals surface area contributed by atoms with Crippen LogP contribution < -0.4 is 0 Å². The van der Waals surface area contributed by atoms with Gasteiger partial charge < -0.3 is 14.9 Å². The molecule has 0 radical (unpaired) electrons. The van der Waals surface area contributed by atoms with Crippen molar-refractivity contribution in [2.45, 2.75) is 43.9 Å². The molecule has 0 bridgehead atoms. The van der Waals surface area contributed by atoms with Crippen molar-refractivity contribution in [3.05, 3.63) is 76.6 Å². The van der Waals surface area contributed by atoms with Crippen LogP contribution in [0.15, 0.2) is 49.2 Å². The van der Waals surface area contributed by atoms with E-state index in [1.54, 1.807) is 18.2 Å². The highest BCUT2D eigenvalue weighted by molar-refractivity contribution is 6.30. The highest BCUT2D eigenvalue weighted by Crippen LogP contribution is 2.37. The topological polar surface area (TPSA) is 90.8 Å². The number of hydrogen-bond donors (Lipinski definition) is 1. The number of fused-ring (bicyclic) bond motifs is 1. The first-order valence-corrected chi connectivity index (χ1v) is 12.2. The summed E-state index contributed by atoms with van der Waals surface area (Å²) in [5, 5.41) is 10.5. The number of carboxylic acids is 1. The van der Waals surface area contributed by atoms with Crippen molar-refractivity contribution in [3.63, 3.8) is 0 Å². The van der Waals surface area contributed by atoms with Crippen LogP contribution in [0.1, 0.15) is 52.5 Å². The zero-order valence-electron chi connectivity index (χ0n) is 19.7. The molecule has 0 saturated carbocycles. The Bertz CT molecular complexity index is 1240. The molecule has 4 rings (SSSR count). The van der Waals surface area contributed by atoms with Crippen LogP contribution in [0.5, 0.6) is 0 Å². The normalized spacial score (nSPS) is 21.8. The fourth-order valence-electron chi connectivity index (χ4n) is 5.31. The van der Waals surface area contributed by atoms with Gasteiger partial charge in [0.1, 0.15) is 5.69 Å². The fraction of sp³-hybridized carbons (Fsp3) is 0.385. The minimum absolute atomic E-state index is 0.132. The van der Waals surface area contributed by atoms with E-state index in [1.165, 1.54) is 15.9 Å². The molecule has 1 unspecified atom stereocenters. The second-order valence-electron chi connectivity index (χ2n) is 9.10. The number of aromatic nitrogens is 1. The summed E-state index contributed by atoms with van der Waals surface area (Å²) in [4.78, 5) is 45.7. The van der Waals surface area contributed by atoms with E-state index in [2.05, 4.69) is 11.6 Å². The molecule has 7 nitrogen and oxygen atoms in total. The number of alkyl halides is 3. The Labute approximate surface area is 216 Å². The Morgan fingerprint density at radius 2 is 1.95 bits per heavy atom. The second kappa shape index (κ2) is 10.5. The van der Waals surface area contributed by atoms with Gasteiger partial charge in [-0.15, -0.1) is 6.58 Å². The number of carbonyl (C=O) groups is 3. The van der Waals surface area contributed by atoms with Gasteiger partial charge in [0.05, 0.1) is 11.5 Å². The quantitative estimate of drug-likeness (QED) is 0.557. The van der Waals surface area contributed by atoms with Crippen molar-refractivity contribution >= 4 is 29.4 Å². The molecule has 2 aromatic rings. The van der Waals surface area contributed by atoms with E-state index < -0.39 is 53.2 Å². The number of nitrogens with zero attached hydrogens (tertiary/aromatic N) is 3. The molecule has 1 aromatic carbocycles. The predicted octanol–water partition coefficient (Wildman–Crippen LogP) is 4.76. The van der Waals surface area contributed by atoms with Crippen molar-refractivity contribution in [1.29, 1.82) is 0 Å². The maximum atomic E-state index is 13.8. The summed E-state index contributed by atoms with van der Waals surface area (Å²) in [6.45, 7) is 3.97. The summed E-state index contributed by atoms with van der Waals surface area (Å²) >= 11 is 6.06. The van der Waals surface area contributed by atoms with E-state index in [9.17, 15) is 32.7 Å². The number of hydrogen-bond acceptors (Lipinski definition) is 4. The van der Waals surface area contributed by atoms with Crippen LogP contribution in [0, 0.1) is 5.92 Å². The summed E-state index contributed by atoms with van der Waals surface area (Å²) < 4.78 is 40.7. The van der Waals surface area contributed by atoms with E-state index in [-0.39, 0.29) is 19.5 Å². The van der Waals surface area contributed by atoms with Crippen molar-refractivity contribution < 1.29 is 32.7 Å². The minimum Gasteiger partial charge on any atom is -0.479 e. The van der Waals surface area contributed by atoms with Crippen LogP contribution in [0.3, 0.4) is 0 Å². The summed E-state index contributed by atoms with van der Waals surface area (Å²) in [5.41, 5.74) is -0.682. The number of halogens is 4. The molecule has 1 fully saturated rings. The SMILES string of the molecule is C=CC[C@@H]1[C@H](C(=O)N2CCc3cc(Cl)ccc3C2C(=O)O)CCCN1C(=O)c1ncccc1C(F)(F)F. The third kappa shape index (κ3) is 5.20. The predicted molar refractivity (Wildman–Crippen MR) is 129 cm³/mol. The van der Waals surface area contributed by atoms with Crippen molar-refractivity contribution in [2.75, 3.05) is 13.1 Å².